The summed E-state index contributed by atoms with van der Waals surface area (Å²) in [6, 6.07) is 0. The molecule has 1 fully saturated rings. The van der Waals surface area contributed by atoms with Crippen LogP contribution in [0.3, 0.4) is 0 Å². The van der Waals surface area contributed by atoms with E-state index in [0.29, 0.717) is 0 Å². The second-order valence-electron chi connectivity index (χ2n) is 3.33. The van der Waals surface area contributed by atoms with Crippen LogP contribution in [0.5, 0.6) is 0 Å². The van der Waals surface area contributed by atoms with Crippen LogP contribution >= 0.6 is 0 Å². The molecule has 1 aromatic heterocycles. The molecule has 59 valence electrons. The monoisotopic (exact) mass is 149 g/mol. The van der Waals surface area contributed by atoms with Crippen molar-refractivity contribution in [2.45, 2.75) is 32.2 Å². The molecule has 0 saturated heterocycles. The van der Waals surface area contributed by atoms with E-state index in [1.165, 1.54) is 25.7 Å². The summed E-state index contributed by atoms with van der Waals surface area (Å²) < 4.78 is 2.10. The summed E-state index contributed by atoms with van der Waals surface area (Å²) in [7, 11) is 0. The summed E-state index contributed by atoms with van der Waals surface area (Å²) in [6.07, 6.45) is 12.2. The van der Waals surface area contributed by atoms with Gasteiger partial charge >= 0.3 is 0 Å². The standard InChI is InChI=1S/C9H13N2/c1(2-9-3-4-9)6-11-7-5-10-8-11/h7-9H,1-4,6H2. The second kappa shape index (κ2) is 3.07. The first kappa shape index (κ1) is 6.89. The highest BCUT2D eigenvalue weighted by molar-refractivity contribution is 4.75. The van der Waals surface area contributed by atoms with Gasteiger partial charge < -0.3 is 4.57 Å². The smallest absolute Gasteiger partial charge is 0.108 e. The predicted molar refractivity (Wildman–Crippen MR) is 43.0 cm³/mol. The van der Waals surface area contributed by atoms with E-state index in [1.807, 2.05) is 12.5 Å². The lowest BCUT2D eigenvalue weighted by Crippen LogP contribution is -1.94. The van der Waals surface area contributed by atoms with Crippen LogP contribution in [0.1, 0.15) is 25.7 Å². The fourth-order valence-corrected chi connectivity index (χ4v) is 1.34. The summed E-state index contributed by atoms with van der Waals surface area (Å²) in [5.74, 6) is 1.06. The van der Waals surface area contributed by atoms with Gasteiger partial charge in [-0.1, -0.05) is 12.8 Å². The summed E-state index contributed by atoms with van der Waals surface area (Å²) in [6.45, 7) is 1.12. The van der Waals surface area contributed by atoms with E-state index in [2.05, 4.69) is 15.7 Å². The third-order valence-electron chi connectivity index (χ3n) is 2.23. The maximum absolute atomic E-state index is 3.87. The van der Waals surface area contributed by atoms with E-state index < -0.39 is 0 Å². The molecule has 0 amide bonds. The van der Waals surface area contributed by atoms with Gasteiger partial charge in [-0.3, -0.25) is 0 Å². The molecule has 1 heterocycles. The third-order valence-corrected chi connectivity index (χ3v) is 2.23. The lowest BCUT2D eigenvalue weighted by Gasteiger charge is -1.99. The molecule has 1 aliphatic rings. The maximum atomic E-state index is 3.87. The normalized spacial score (nSPS) is 17.1. The Hall–Kier alpha value is -0.790. The predicted octanol–water partition coefficient (Wildman–Crippen LogP) is 1.87. The average molecular weight is 149 g/mol. The van der Waals surface area contributed by atoms with Crippen LogP contribution in [0, 0.1) is 12.1 Å². The zero-order chi connectivity index (χ0) is 7.52. The Bertz CT molecular complexity index is 199. The Morgan fingerprint density at radius 3 is 3.09 bits per heavy atom. The van der Waals surface area contributed by atoms with E-state index in [0.717, 1.165) is 12.5 Å². The Morgan fingerprint density at radius 1 is 1.55 bits per heavy atom. The number of aromatic nitrogens is 2. The van der Waals surface area contributed by atoms with Crippen LogP contribution < -0.4 is 0 Å². The van der Waals surface area contributed by atoms with E-state index in [4.69, 9.17) is 0 Å². The lowest BCUT2D eigenvalue weighted by atomic mass is 10.2. The lowest BCUT2D eigenvalue weighted by molar-refractivity contribution is 0.577. The summed E-state index contributed by atoms with van der Waals surface area (Å²) in [4.78, 5) is 3.87. The van der Waals surface area contributed by atoms with Crippen molar-refractivity contribution in [2.75, 3.05) is 0 Å². The fourth-order valence-electron chi connectivity index (χ4n) is 1.34. The number of imidazole rings is 1. The average Bonchev–Trinajstić information content (AvgIpc) is 2.66. The fraction of sp³-hybridized carbons (Fsp3) is 0.667. The van der Waals surface area contributed by atoms with E-state index in [-0.39, 0.29) is 0 Å². The first-order valence-electron chi connectivity index (χ1n) is 4.33. The largest absolute Gasteiger partial charge is 0.337 e. The zero-order valence-electron chi connectivity index (χ0n) is 6.66. The quantitative estimate of drug-likeness (QED) is 0.639. The Kier molecular flexibility index (Phi) is 1.93. The van der Waals surface area contributed by atoms with E-state index in [1.54, 1.807) is 0 Å². The minimum atomic E-state index is 1.06. The molecule has 1 saturated carbocycles. The Balaban J connectivity index is 1.66. The second-order valence-corrected chi connectivity index (χ2v) is 3.33. The third kappa shape index (κ3) is 2.07. The van der Waals surface area contributed by atoms with Gasteiger partial charge in [-0.25, -0.2) is 4.98 Å². The van der Waals surface area contributed by atoms with Crippen LogP contribution in [0.4, 0.5) is 0 Å². The summed E-state index contributed by atoms with van der Waals surface area (Å²) in [5.41, 5.74) is 0. The molecular formula is C9H13N2. The Labute approximate surface area is 67.3 Å². The van der Waals surface area contributed by atoms with Crippen LogP contribution in [0.2, 0.25) is 0 Å². The molecule has 2 nitrogen and oxygen atoms in total. The van der Waals surface area contributed by atoms with Gasteiger partial charge in [-0.05, 0) is 18.8 Å². The van der Waals surface area contributed by atoms with Crippen LogP contribution in [0.15, 0.2) is 12.5 Å². The van der Waals surface area contributed by atoms with Crippen molar-refractivity contribution in [3.63, 3.8) is 0 Å². The van der Waals surface area contributed by atoms with Gasteiger partial charge in [0.1, 0.15) is 6.20 Å². The van der Waals surface area contributed by atoms with Crippen molar-refractivity contribution in [2.24, 2.45) is 5.92 Å². The molecule has 2 rings (SSSR count). The number of aryl methyl sites for hydroxylation is 1. The molecule has 0 N–H and O–H groups in total. The van der Waals surface area contributed by atoms with Gasteiger partial charge in [-0.2, -0.15) is 0 Å². The molecule has 0 spiro atoms. The molecule has 0 aliphatic heterocycles. The molecule has 2 heteroatoms. The Morgan fingerprint density at radius 2 is 2.45 bits per heavy atom. The maximum Gasteiger partial charge on any atom is 0.108 e. The van der Waals surface area contributed by atoms with Crippen LogP contribution in [-0.2, 0) is 6.54 Å². The van der Waals surface area contributed by atoms with Crippen molar-refractivity contribution in [1.82, 2.24) is 9.55 Å². The highest BCUT2D eigenvalue weighted by atomic mass is 15.0. The highest BCUT2D eigenvalue weighted by Gasteiger charge is 2.19. The number of rotatable bonds is 4. The van der Waals surface area contributed by atoms with E-state index in [9.17, 15) is 0 Å². The highest BCUT2D eigenvalue weighted by Crippen LogP contribution is 2.33. The number of hydrogen-bond acceptors (Lipinski definition) is 1. The minimum Gasteiger partial charge on any atom is -0.337 e. The van der Waals surface area contributed by atoms with Crippen LogP contribution in [0.25, 0.3) is 0 Å². The van der Waals surface area contributed by atoms with Gasteiger partial charge in [-0.15, -0.1) is 0 Å². The van der Waals surface area contributed by atoms with Crippen molar-refractivity contribution in [1.29, 1.82) is 0 Å². The molecule has 11 heavy (non-hydrogen) atoms. The van der Waals surface area contributed by atoms with Crippen molar-refractivity contribution < 1.29 is 0 Å². The molecule has 0 aromatic carbocycles. The van der Waals surface area contributed by atoms with Crippen molar-refractivity contribution >= 4 is 0 Å². The SMILES string of the molecule is [c]1cn(CCCC2CC2)cn1. The minimum absolute atomic E-state index is 1.06. The van der Waals surface area contributed by atoms with Gasteiger partial charge in [0.05, 0.1) is 6.33 Å². The molecule has 0 bridgehead atoms. The van der Waals surface area contributed by atoms with Crippen molar-refractivity contribution in [3.05, 3.63) is 18.7 Å². The topological polar surface area (TPSA) is 17.8 Å². The summed E-state index contributed by atoms with van der Waals surface area (Å²) >= 11 is 0. The van der Waals surface area contributed by atoms with Gasteiger partial charge in [0.25, 0.3) is 0 Å². The van der Waals surface area contributed by atoms with Gasteiger partial charge in [0.15, 0.2) is 0 Å². The first-order valence-corrected chi connectivity index (χ1v) is 4.33. The summed E-state index contributed by atoms with van der Waals surface area (Å²) in [5, 5.41) is 0. The zero-order valence-corrected chi connectivity index (χ0v) is 6.66. The first-order chi connectivity index (χ1) is 5.45. The molecular weight excluding hydrogens is 136 g/mol. The van der Waals surface area contributed by atoms with Gasteiger partial charge in [0, 0.05) is 12.7 Å². The molecule has 1 aromatic rings. The van der Waals surface area contributed by atoms with Crippen LogP contribution in [-0.4, -0.2) is 9.55 Å². The van der Waals surface area contributed by atoms with Crippen molar-refractivity contribution in [3.8, 4) is 0 Å². The molecule has 0 atom stereocenters. The molecule has 1 aliphatic carbocycles. The number of nitrogens with zero attached hydrogens (tertiary/aromatic N) is 2. The molecule has 1 radical (unpaired) electrons. The van der Waals surface area contributed by atoms with Gasteiger partial charge in [0.2, 0.25) is 0 Å². The molecule has 0 unspecified atom stereocenters. The number of hydrogen-bond donors (Lipinski definition) is 0. The van der Waals surface area contributed by atoms with E-state index >= 15 is 0 Å².